The van der Waals surface area contributed by atoms with Gasteiger partial charge in [0.2, 0.25) is 0 Å². The molecular formula is C6H5OP. The lowest BCUT2D eigenvalue weighted by Gasteiger charge is -1.66. The zero-order chi connectivity index (χ0) is 5.40. The lowest BCUT2D eigenvalue weighted by Crippen LogP contribution is -1.36. The Morgan fingerprint density at radius 3 is 3.25 bits per heavy atom. The molecule has 1 atom stereocenters. The van der Waals surface area contributed by atoms with Crippen LogP contribution in [0.25, 0.3) is 10.7 Å². The van der Waals surface area contributed by atoms with E-state index in [0.29, 0.717) is 0 Å². The Kier molecular flexibility index (Phi) is 0.737. The minimum Gasteiger partial charge on any atom is -0.464 e. The Balaban J connectivity index is 3.06. The molecule has 0 aliphatic rings. The molecule has 0 fully saturated rings. The first-order valence-electron chi connectivity index (χ1n) is 2.47. The van der Waals surface area contributed by atoms with Crippen molar-refractivity contribution < 1.29 is 4.42 Å². The zero-order valence-electron chi connectivity index (χ0n) is 4.22. The van der Waals surface area contributed by atoms with E-state index in [1.165, 1.54) is 5.12 Å². The molecule has 0 radical (unpaired) electrons. The first-order valence-corrected chi connectivity index (χ1v) is 3.55. The topological polar surface area (TPSA) is 13.1 Å². The molecule has 0 bridgehead atoms. The summed E-state index contributed by atoms with van der Waals surface area (Å²) < 4.78 is 5.10. The molecule has 0 amide bonds. The van der Waals surface area contributed by atoms with E-state index in [1.54, 1.807) is 6.26 Å². The summed E-state index contributed by atoms with van der Waals surface area (Å²) in [7, 11) is 0.830. The van der Waals surface area contributed by atoms with Crippen LogP contribution in [0.15, 0.2) is 28.6 Å². The molecule has 2 rings (SSSR count). The van der Waals surface area contributed by atoms with Crippen LogP contribution in [-0.4, -0.2) is 0 Å². The Hall–Kier alpha value is -0.680. The summed E-state index contributed by atoms with van der Waals surface area (Å²) in [6.07, 6.45) is 1.74. The quantitative estimate of drug-likeness (QED) is 0.525. The molecule has 0 aliphatic carbocycles. The molecule has 2 aromatic heterocycles. The Labute approximate surface area is 48.4 Å². The van der Waals surface area contributed by atoms with Crippen LogP contribution in [0, 0.1) is 0 Å². The lowest BCUT2D eigenvalue weighted by molar-refractivity contribution is 0.616. The Bertz CT molecular complexity index is 230. The summed E-state index contributed by atoms with van der Waals surface area (Å²) in [4.78, 5) is 0. The van der Waals surface area contributed by atoms with Crippen LogP contribution < -0.4 is 0 Å². The second-order valence-electron chi connectivity index (χ2n) is 1.68. The highest BCUT2D eigenvalue weighted by atomic mass is 31.0. The van der Waals surface area contributed by atoms with Crippen LogP contribution in [0.5, 0.6) is 0 Å². The number of furan rings is 1. The molecule has 0 aliphatic heterocycles. The van der Waals surface area contributed by atoms with E-state index < -0.39 is 0 Å². The van der Waals surface area contributed by atoms with Crippen LogP contribution in [0.1, 0.15) is 0 Å². The summed E-state index contributed by atoms with van der Waals surface area (Å²) in [5.74, 6) is 2.13. The van der Waals surface area contributed by atoms with Gasteiger partial charge < -0.3 is 4.42 Å². The van der Waals surface area contributed by atoms with Crippen molar-refractivity contribution in [2.24, 2.45) is 0 Å². The molecule has 1 nitrogen and oxygen atoms in total. The average molecular weight is 124 g/mol. The third-order valence-corrected chi connectivity index (χ3v) is 2.23. The fourth-order valence-electron chi connectivity index (χ4n) is 0.776. The van der Waals surface area contributed by atoms with Gasteiger partial charge in [-0.3, -0.25) is 0 Å². The third kappa shape index (κ3) is 0.423. The summed E-state index contributed by atoms with van der Waals surface area (Å²) in [5, 5.41) is 1.34. The SMILES string of the molecule is c1cc2[pH]ccc2o1. The summed E-state index contributed by atoms with van der Waals surface area (Å²) in [6.45, 7) is 0. The molecule has 40 valence electrons. The van der Waals surface area contributed by atoms with Crippen LogP contribution in [0.2, 0.25) is 0 Å². The Morgan fingerprint density at radius 2 is 2.38 bits per heavy atom. The van der Waals surface area contributed by atoms with Crippen molar-refractivity contribution in [3.63, 3.8) is 0 Å². The lowest BCUT2D eigenvalue weighted by atomic mass is 10.5. The van der Waals surface area contributed by atoms with Gasteiger partial charge in [-0.25, -0.2) is 0 Å². The molecule has 0 saturated heterocycles. The van der Waals surface area contributed by atoms with E-state index >= 15 is 0 Å². The van der Waals surface area contributed by atoms with Gasteiger partial charge in [0.25, 0.3) is 0 Å². The predicted molar refractivity (Wildman–Crippen MR) is 35.7 cm³/mol. The van der Waals surface area contributed by atoms with Crippen molar-refractivity contribution in [3.05, 3.63) is 24.2 Å². The number of hydrogen-bond acceptors (Lipinski definition) is 1. The van der Waals surface area contributed by atoms with Gasteiger partial charge in [-0.05, 0) is 17.9 Å². The van der Waals surface area contributed by atoms with E-state index in [4.69, 9.17) is 4.42 Å². The van der Waals surface area contributed by atoms with Crippen molar-refractivity contribution in [1.29, 1.82) is 0 Å². The molecule has 0 saturated carbocycles. The third-order valence-electron chi connectivity index (χ3n) is 1.17. The minimum atomic E-state index is 0.830. The zero-order valence-corrected chi connectivity index (χ0v) is 5.22. The monoisotopic (exact) mass is 124 g/mol. The van der Waals surface area contributed by atoms with Crippen LogP contribution in [0.4, 0.5) is 0 Å². The van der Waals surface area contributed by atoms with Gasteiger partial charge in [0.1, 0.15) is 5.58 Å². The standard InChI is InChI=1S/C6H5OP/c1-3-7-5-2-4-8-6(1)5/h1-4,8H. The fraction of sp³-hybridized carbons (Fsp3) is 0. The molecule has 2 heterocycles. The largest absolute Gasteiger partial charge is 0.464 e. The molecule has 0 spiro atoms. The number of rotatable bonds is 0. The van der Waals surface area contributed by atoms with Crippen molar-refractivity contribution in [3.8, 4) is 0 Å². The van der Waals surface area contributed by atoms with Gasteiger partial charge in [0, 0.05) is 5.12 Å². The maximum absolute atomic E-state index is 5.10. The molecule has 2 aromatic rings. The van der Waals surface area contributed by atoms with E-state index in [2.05, 4.69) is 5.80 Å². The van der Waals surface area contributed by atoms with Crippen LogP contribution in [-0.2, 0) is 0 Å². The highest BCUT2D eigenvalue weighted by Crippen LogP contribution is 2.24. The van der Waals surface area contributed by atoms with Gasteiger partial charge in [-0.2, -0.15) is 0 Å². The Morgan fingerprint density at radius 1 is 1.38 bits per heavy atom. The first kappa shape index (κ1) is 4.22. The summed E-state index contributed by atoms with van der Waals surface area (Å²) in [5.41, 5.74) is 1.04. The molecule has 0 aromatic carbocycles. The number of hydrogen-bond donors (Lipinski definition) is 0. The molecule has 0 N–H and O–H groups in total. The van der Waals surface area contributed by atoms with Crippen LogP contribution in [0.3, 0.4) is 0 Å². The fourth-order valence-corrected chi connectivity index (χ4v) is 1.64. The van der Waals surface area contributed by atoms with E-state index in [-0.39, 0.29) is 0 Å². The van der Waals surface area contributed by atoms with Gasteiger partial charge >= 0.3 is 0 Å². The van der Waals surface area contributed by atoms with E-state index in [9.17, 15) is 0 Å². The van der Waals surface area contributed by atoms with Crippen LogP contribution >= 0.6 is 8.19 Å². The highest BCUT2D eigenvalue weighted by molar-refractivity contribution is 7.36. The molecule has 1 unspecified atom stereocenters. The smallest absolute Gasteiger partial charge is 0.137 e. The normalized spacial score (nSPS) is 11.5. The van der Waals surface area contributed by atoms with Crippen molar-refractivity contribution in [1.82, 2.24) is 0 Å². The average Bonchev–Trinajstić information content (AvgIpc) is 2.15. The van der Waals surface area contributed by atoms with Gasteiger partial charge in [0.05, 0.1) is 6.26 Å². The van der Waals surface area contributed by atoms with Gasteiger partial charge in [-0.1, -0.05) is 0 Å². The van der Waals surface area contributed by atoms with E-state index in [1.807, 2.05) is 12.1 Å². The predicted octanol–water partition coefficient (Wildman–Crippen LogP) is 2.46. The molecular weight excluding hydrogens is 119 g/mol. The molecule has 8 heavy (non-hydrogen) atoms. The van der Waals surface area contributed by atoms with E-state index in [0.717, 1.165) is 13.8 Å². The van der Waals surface area contributed by atoms with Crippen molar-refractivity contribution >= 4 is 18.9 Å². The maximum Gasteiger partial charge on any atom is 0.137 e. The summed E-state index contributed by atoms with van der Waals surface area (Å²) >= 11 is 0. The maximum atomic E-state index is 5.10. The number of fused-ring (bicyclic) bond motifs is 1. The summed E-state index contributed by atoms with van der Waals surface area (Å²) in [6, 6.07) is 4.04. The van der Waals surface area contributed by atoms with Gasteiger partial charge in [-0.15, -0.1) is 8.19 Å². The molecule has 2 heteroatoms. The minimum absolute atomic E-state index is 0.830. The second kappa shape index (κ2) is 1.40. The second-order valence-corrected chi connectivity index (χ2v) is 2.84. The first-order chi connectivity index (χ1) is 3.97. The van der Waals surface area contributed by atoms with Crippen molar-refractivity contribution in [2.75, 3.05) is 0 Å². The van der Waals surface area contributed by atoms with Gasteiger partial charge in [0.15, 0.2) is 0 Å². The van der Waals surface area contributed by atoms with Crippen molar-refractivity contribution in [2.45, 2.75) is 0 Å². The highest BCUT2D eigenvalue weighted by Gasteiger charge is 1.91.